The number of halogens is 1. The first kappa shape index (κ1) is 16.2. The van der Waals surface area contributed by atoms with Crippen molar-refractivity contribution in [3.8, 4) is 11.5 Å². The van der Waals surface area contributed by atoms with E-state index in [1.54, 1.807) is 13.0 Å². The monoisotopic (exact) mass is 320 g/mol. The number of carboxylic acid groups (broad SMARTS) is 1. The van der Waals surface area contributed by atoms with Crippen LogP contribution in [0.2, 0.25) is 0 Å². The first-order valence-electron chi connectivity index (χ1n) is 6.55. The van der Waals surface area contributed by atoms with E-state index in [0.29, 0.717) is 0 Å². The normalized spacial score (nSPS) is 10.2. The summed E-state index contributed by atoms with van der Waals surface area (Å²) in [6, 6.07) is 8.21. The molecule has 2 rings (SSSR count). The zero-order valence-corrected chi connectivity index (χ0v) is 12.1. The maximum Gasteiger partial charge on any atom is 0.404 e. The number of ether oxygens (including phenoxy) is 1. The van der Waals surface area contributed by atoms with E-state index in [2.05, 4.69) is 0 Å². The van der Waals surface area contributed by atoms with Crippen molar-refractivity contribution >= 4 is 11.8 Å². The number of hydrogen-bond donors (Lipinski definition) is 2. The number of nitro groups is 1. The highest BCUT2D eigenvalue weighted by Gasteiger charge is 2.16. The molecule has 1 amide bonds. The molecule has 0 radical (unpaired) electrons. The molecule has 0 saturated carbocycles. The molecule has 2 aromatic rings. The molecule has 0 fully saturated rings. The van der Waals surface area contributed by atoms with Crippen molar-refractivity contribution in [3.63, 3.8) is 0 Å². The Morgan fingerprint density at radius 3 is 2.70 bits per heavy atom. The predicted octanol–water partition coefficient (Wildman–Crippen LogP) is 3.60. The fraction of sp³-hybridized carbons (Fsp3) is 0.133. The third-order valence-electron chi connectivity index (χ3n) is 2.99. The molecule has 0 aliphatic heterocycles. The quantitative estimate of drug-likeness (QED) is 0.647. The molecule has 2 aromatic carbocycles. The smallest absolute Gasteiger partial charge is 0.404 e. The van der Waals surface area contributed by atoms with Crippen LogP contribution in [0, 0.1) is 22.9 Å². The Hall–Kier alpha value is -3.16. The van der Waals surface area contributed by atoms with Crippen LogP contribution in [-0.2, 0) is 6.54 Å². The number of nitro benzene ring substituents is 1. The first-order chi connectivity index (χ1) is 10.9. The average molecular weight is 320 g/mol. The van der Waals surface area contributed by atoms with E-state index in [1.165, 1.54) is 30.3 Å². The van der Waals surface area contributed by atoms with Gasteiger partial charge in [-0.1, -0.05) is 6.07 Å². The highest BCUT2D eigenvalue weighted by Crippen LogP contribution is 2.29. The van der Waals surface area contributed by atoms with Gasteiger partial charge in [-0.2, -0.15) is 0 Å². The van der Waals surface area contributed by atoms with Crippen LogP contribution in [-0.4, -0.2) is 16.1 Å². The van der Waals surface area contributed by atoms with Gasteiger partial charge in [0.1, 0.15) is 5.75 Å². The van der Waals surface area contributed by atoms with E-state index < -0.39 is 16.8 Å². The summed E-state index contributed by atoms with van der Waals surface area (Å²) < 4.78 is 19.1. The number of nitrogens with one attached hydrogen (secondary N) is 1. The molecule has 0 aliphatic rings. The molecule has 0 bridgehead atoms. The van der Waals surface area contributed by atoms with Gasteiger partial charge in [-0.15, -0.1) is 0 Å². The molecule has 2 N–H and O–H groups in total. The Kier molecular flexibility index (Phi) is 4.75. The van der Waals surface area contributed by atoms with Crippen LogP contribution in [0.15, 0.2) is 36.4 Å². The largest absolute Gasteiger partial charge is 0.465 e. The average Bonchev–Trinajstić information content (AvgIpc) is 2.48. The Labute approximate surface area is 130 Å². The number of amides is 1. The Bertz CT molecular complexity index is 764. The van der Waals surface area contributed by atoms with Gasteiger partial charge in [-0.25, -0.2) is 9.18 Å². The van der Waals surface area contributed by atoms with Gasteiger partial charge in [-0.3, -0.25) is 10.1 Å². The first-order valence-corrected chi connectivity index (χ1v) is 6.55. The van der Waals surface area contributed by atoms with Gasteiger partial charge >= 0.3 is 6.09 Å². The van der Waals surface area contributed by atoms with Crippen molar-refractivity contribution < 1.29 is 24.0 Å². The molecule has 0 unspecified atom stereocenters. The van der Waals surface area contributed by atoms with Gasteiger partial charge in [0.2, 0.25) is 0 Å². The molecule has 0 heterocycles. The number of aryl methyl sites for hydroxylation is 1. The van der Waals surface area contributed by atoms with Gasteiger partial charge < -0.3 is 15.2 Å². The lowest BCUT2D eigenvalue weighted by Gasteiger charge is -2.09. The van der Waals surface area contributed by atoms with E-state index in [1.807, 2.05) is 5.32 Å². The second-order valence-corrected chi connectivity index (χ2v) is 4.74. The summed E-state index contributed by atoms with van der Waals surface area (Å²) in [7, 11) is 0. The molecule has 8 heteroatoms. The zero-order valence-electron chi connectivity index (χ0n) is 12.1. The van der Waals surface area contributed by atoms with Crippen molar-refractivity contribution in [3.05, 3.63) is 63.5 Å². The molecular formula is C15H13FN2O5. The summed E-state index contributed by atoms with van der Waals surface area (Å²) in [5.41, 5.74) is 0.586. The van der Waals surface area contributed by atoms with E-state index in [4.69, 9.17) is 9.84 Å². The van der Waals surface area contributed by atoms with Crippen LogP contribution < -0.4 is 10.1 Å². The second kappa shape index (κ2) is 6.73. The molecule has 120 valence electrons. The number of hydrogen-bond acceptors (Lipinski definition) is 4. The number of rotatable bonds is 5. The van der Waals surface area contributed by atoms with Crippen molar-refractivity contribution in [1.82, 2.24) is 5.32 Å². The van der Waals surface area contributed by atoms with Crippen molar-refractivity contribution in [1.29, 1.82) is 0 Å². The summed E-state index contributed by atoms with van der Waals surface area (Å²) in [6.45, 7) is 1.47. The summed E-state index contributed by atoms with van der Waals surface area (Å²) in [5.74, 6) is -0.421. The summed E-state index contributed by atoms with van der Waals surface area (Å²) in [4.78, 5) is 20.9. The molecule has 0 saturated heterocycles. The third-order valence-corrected chi connectivity index (χ3v) is 2.99. The lowest BCUT2D eigenvalue weighted by atomic mass is 10.1. The van der Waals surface area contributed by atoms with Crippen molar-refractivity contribution in [2.45, 2.75) is 13.5 Å². The molecule has 0 aliphatic carbocycles. The third kappa shape index (κ3) is 4.16. The molecule has 23 heavy (non-hydrogen) atoms. The van der Waals surface area contributed by atoms with E-state index in [-0.39, 0.29) is 29.3 Å². The lowest BCUT2D eigenvalue weighted by molar-refractivity contribution is -0.385. The number of nitrogens with zero attached hydrogens (tertiary/aromatic N) is 1. The standard InChI is InChI=1S/C15H13FN2O5/c1-9-2-5-14(12(16)6-9)23-11-3-4-13(18(21)22)10(7-11)8-17-15(19)20/h2-7,17H,8H2,1H3,(H,19,20). The Morgan fingerprint density at radius 2 is 2.09 bits per heavy atom. The van der Waals surface area contributed by atoms with Gasteiger partial charge in [0.05, 0.1) is 17.0 Å². The van der Waals surface area contributed by atoms with Crippen LogP contribution >= 0.6 is 0 Å². The van der Waals surface area contributed by atoms with Crippen LogP contribution in [0.25, 0.3) is 0 Å². The summed E-state index contributed by atoms with van der Waals surface area (Å²) in [6.07, 6.45) is -1.31. The number of benzene rings is 2. The molecular weight excluding hydrogens is 307 g/mol. The lowest BCUT2D eigenvalue weighted by Crippen LogP contribution is -2.20. The molecule has 0 spiro atoms. The minimum atomic E-state index is -1.31. The van der Waals surface area contributed by atoms with Crippen molar-refractivity contribution in [2.75, 3.05) is 0 Å². The highest BCUT2D eigenvalue weighted by molar-refractivity contribution is 5.64. The minimum absolute atomic E-state index is 0.0263. The van der Waals surface area contributed by atoms with Crippen LogP contribution in [0.4, 0.5) is 14.9 Å². The van der Waals surface area contributed by atoms with E-state index >= 15 is 0 Å². The van der Waals surface area contributed by atoms with Gasteiger partial charge in [-0.05, 0) is 36.8 Å². The van der Waals surface area contributed by atoms with Crippen LogP contribution in [0.1, 0.15) is 11.1 Å². The zero-order chi connectivity index (χ0) is 17.0. The van der Waals surface area contributed by atoms with E-state index in [0.717, 1.165) is 5.56 Å². The van der Waals surface area contributed by atoms with Crippen LogP contribution in [0.5, 0.6) is 11.5 Å². The predicted molar refractivity (Wildman–Crippen MR) is 79.2 cm³/mol. The molecule has 7 nitrogen and oxygen atoms in total. The Balaban J connectivity index is 2.30. The van der Waals surface area contributed by atoms with E-state index in [9.17, 15) is 19.3 Å². The molecule has 0 aromatic heterocycles. The van der Waals surface area contributed by atoms with Crippen molar-refractivity contribution in [2.24, 2.45) is 0 Å². The minimum Gasteiger partial charge on any atom is -0.465 e. The second-order valence-electron chi connectivity index (χ2n) is 4.74. The topological polar surface area (TPSA) is 102 Å². The van der Waals surface area contributed by atoms with Gasteiger partial charge in [0.15, 0.2) is 11.6 Å². The van der Waals surface area contributed by atoms with Gasteiger partial charge in [0, 0.05) is 6.07 Å². The van der Waals surface area contributed by atoms with Crippen LogP contribution in [0.3, 0.4) is 0 Å². The molecule has 0 atom stereocenters. The Morgan fingerprint density at radius 1 is 1.35 bits per heavy atom. The maximum absolute atomic E-state index is 13.8. The summed E-state index contributed by atoms with van der Waals surface area (Å²) >= 11 is 0. The SMILES string of the molecule is Cc1ccc(Oc2ccc([N+](=O)[O-])c(CNC(=O)O)c2)c(F)c1. The highest BCUT2D eigenvalue weighted by atomic mass is 19.1. The van der Waals surface area contributed by atoms with Gasteiger partial charge in [0.25, 0.3) is 5.69 Å². The maximum atomic E-state index is 13.8. The fourth-order valence-electron chi connectivity index (χ4n) is 1.93. The fourth-order valence-corrected chi connectivity index (χ4v) is 1.93. The summed E-state index contributed by atoms with van der Waals surface area (Å²) in [5, 5.41) is 21.6. The number of carbonyl (C=O) groups is 1.